The molecular weight excluding hydrogens is 250 g/mol. The number of rotatable bonds is 6. The van der Waals surface area contributed by atoms with Crippen LogP contribution in [0.2, 0.25) is 0 Å². The zero-order valence-electron chi connectivity index (χ0n) is 12.2. The van der Waals surface area contributed by atoms with Crippen molar-refractivity contribution in [1.29, 1.82) is 0 Å². The third-order valence-electron chi connectivity index (χ3n) is 3.14. The van der Waals surface area contributed by atoms with Crippen molar-refractivity contribution < 1.29 is 9.47 Å². The summed E-state index contributed by atoms with van der Waals surface area (Å²) in [7, 11) is 1.68. The van der Waals surface area contributed by atoms with E-state index in [2.05, 4.69) is 24.4 Å². The molecule has 0 saturated carbocycles. The second-order valence-electron chi connectivity index (χ2n) is 4.60. The summed E-state index contributed by atoms with van der Waals surface area (Å²) in [4.78, 5) is 0. The average molecular weight is 271 g/mol. The van der Waals surface area contributed by atoms with Crippen LogP contribution >= 0.6 is 0 Å². The number of ether oxygens (including phenoxy) is 2. The molecule has 106 valence electrons. The van der Waals surface area contributed by atoms with E-state index in [1.165, 1.54) is 5.56 Å². The lowest BCUT2D eigenvalue weighted by Crippen LogP contribution is -2.06. The first kappa shape index (κ1) is 14.3. The molecule has 0 aliphatic rings. The topological polar surface area (TPSA) is 30.5 Å². The first-order valence-electron chi connectivity index (χ1n) is 6.86. The Morgan fingerprint density at radius 2 is 1.80 bits per heavy atom. The van der Waals surface area contributed by atoms with E-state index < -0.39 is 0 Å². The molecule has 0 radical (unpaired) electrons. The Kier molecular flexibility index (Phi) is 4.88. The van der Waals surface area contributed by atoms with E-state index in [4.69, 9.17) is 9.47 Å². The van der Waals surface area contributed by atoms with E-state index in [1.807, 2.05) is 43.3 Å². The van der Waals surface area contributed by atoms with Gasteiger partial charge in [0.1, 0.15) is 11.5 Å². The summed E-state index contributed by atoms with van der Waals surface area (Å²) >= 11 is 0. The minimum atomic E-state index is 0.220. The molecule has 0 heterocycles. The molecule has 0 aromatic heterocycles. The van der Waals surface area contributed by atoms with Gasteiger partial charge in [-0.2, -0.15) is 0 Å². The third kappa shape index (κ3) is 3.67. The minimum absolute atomic E-state index is 0.220. The van der Waals surface area contributed by atoms with Crippen LogP contribution in [-0.4, -0.2) is 13.7 Å². The number of methoxy groups -OCH3 is 1. The zero-order valence-corrected chi connectivity index (χ0v) is 12.2. The largest absolute Gasteiger partial charge is 0.497 e. The molecule has 0 aliphatic heterocycles. The lowest BCUT2D eigenvalue weighted by molar-refractivity contribution is 0.340. The summed E-state index contributed by atoms with van der Waals surface area (Å²) < 4.78 is 10.7. The summed E-state index contributed by atoms with van der Waals surface area (Å²) in [5, 5.41) is 3.47. The number of hydrogen-bond acceptors (Lipinski definition) is 3. The van der Waals surface area contributed by atoms with E-state index in [9.17, 15) is 0 Å². The molecule has 3 heteroatoms. The van der Waals surface area contributed by atoms with Gasteiger partial charge in [0.25, 0.3) is 0 Å². The second kappa shape index (κ2) is 6.85. The smallest absolute Gasteiger partial charge is 0.121 e. The maximum absolute atomic E-state index is 5.51. The molecule has 2 aromatic carbocycles. The summed E-state index contributed by atoms with van der Waals surface area (Å²) in [6, 6.07) is 16.3. The Bertz CT molecular complexity index is 537. The summed E-state index contributed by atoms with van der Waals surface area (Å²) in [5.74, 6) is 1.76. The fraction of sp³-hybridized carbons (Fsp3) is 0.294. The molecule has 3 nitrogen and oxygen atoms in total. The molecule has 20 heavy (non-hydrogen) atoms. The predicted molar refractivity (Wildman–Crippen MR) is 82.6 cm³/mol. The van der Waals surface area contributed by atoms with Gasteiger partial charge in [0.05, 0.1) is 13.7 Å². The Hall–Kier alpha value is -2.16. The highest BCUT2D eigenvalue weighted by atomic mass is 16.5. The van der Waals surface area contributed by atoms with Crippen molar-refractivity contribution in [3.63, 3.8) is 0 Å². The average Bonchev–Trinajstić information content (AvgIpc) is 2.48. The fourth-order valence-electron chi connectivity index (χ4n) is 2.07. The van der Waals surface area contributed by atoms with Gasteiger partial charge in [-0.3, -0.25) is 0 Å². The van der Waals surface area contributed by atoms with Crippen LogP contribution in [0.5, 0.6) is 11.5 Å². The second-order valence-corrected chi connectivity index (χ2v) is 4.60. The Morgan fingerprint density at radius 1 is 1.05 bits per heavy atom. The van der Waals surface area contributed by atoms with Crippen LogP contribution in [0, 0.1) is 0 Å². The van der Waals surface area contributed by atoms with Crippen molar-refractivity contribution in [1.82, 2.24) is 0 Å². The van der Waals surface area contributed by atoms with E-state index in [0.29, 0.717) is 6.61 Å². The highest BCUT2D eigenvalue weighted by Crippen LogP contribution is 2.24. The molecule has 0 amide bonds. The SMILES string of the molecule is CCOc1cccc(NC(C)c2ccc(OC)cc2)c1. The van der Waals surface area contributed by atoms with Gasteiger partial charge in [-0.05, 0) is 43.7 Å². The van der Waals surface area contributed by atoms with Crippen LogP contribution in [0.25, 0.3) is 0 Å². The highest BCUT2D eigenvalue weighted by Gasteiger charge is 2.06. The molecule has 1 unspecified atom stereocenters. The van der Waals surface area contributed by atoms with Crippen molar-refractivity contribution in [3.8, 4) is 11.5 Å². The molecule has 0 saturated heterocycles. The molecule has 1 N–H and O–H groups in total. The fourth-order valence-corrected chi connectivity index (χ4v) is 2.07. The van der Waals surface area contributed by atoms with Gasteiger partial charge in [-0.15, -0.1) is 0 Å². The van der Waals surface area contributed by atoms with Gasteiger partial charge in [-0.25, -0.2) is 0 Å². The van der Waals surface area contributed by atoms with Crippen molar-refractivity contribution in [2.45, 2.75) is 19.9 Å². The van der Waals surface area contributed by atoms with Crippen LogP contribution in [0.1, 0.15) is 25.5 Å². The standard InChI is InChI=1S/C17H21NO2/c1-4-20-17-7-5-6-15(12-17)18-13(2)14-8-10-16(19-3)11-9-14/h5-13,18H,4H2,1-3H3. The van der Waals surface area contributed by atoms with E-state index in [0.717, 1.165) is 17.2 Å². The van der Waals surface area contributed by atoms with Crippen molar-refractivity contribution >= 4 is 5.69 Å². The maximum Gasteiger partial charge on any atom is 0.121 e. The maximum atomic E-state index is 5.51. The van der Waals surface area contributed by atoms with Crippen molar-refractivity contribution in [2.24, 2.45) is 0 Å². The van der Waals surface area contributed by atoms with Crippen LogP contribution < -0.4 is 14.8 Å². The zero-order chi connectivity index (χ0) is 14.4. The predicted octanol–water partition coefficient (Wildman–Crippen LogP) is 4.27. The molecule has 0 bridgehead atoms. The Morgan fingerprint density at radius 3 is 2.45 bits per heavy atom. The van der Waals surface area contributed by atoms with E-state index in [-0.39, 0.29) is 6.04 Å². The lowest BCUT2D eigenvalue weighted by atomic mass is 10.1. The van der Waals surface area contributed by atoms with Crippen LogP contribution in [0.4, 0.5) is 5.69 Å². The van der Waals surface area contributed by atoms with E-state index >= 15 is 0 Å². The number of benzene rings is 2. The first-order valence-corrected chi connectivity index (χ1v) is 6.86. The van der Waals surface area contributed by atoms with Gasteiger partial charge in [0.15, 0.2) is 0 Å². The number of hydrogen-bond donors (Lipinski definition) is 1. The molecule has 0 aliphatic carbocycles. The van der Waals surface area contributed by atoms with Gasteiger partial charge < -0.3 is 14.8 Å². The van der Waals surface area contributed by atoms with Crippen molar-refractivity contribution in [3.05, 3.63) is 54.1 Å². The molecule has 0 spiro atoms. The summed E-state index contributed by atoms with van der Waals surface area (Å²) in [6.07, 6.45) is 0. The first-order chi connectivity index (χ1) is 9.72. The monoisotopic (exact) mass is 271 g/mol. The third-order valence-corrected chi connectivity index (χ3v) is 3.14. The minimum Gasteiger partial charge on any atom is -0.497 e. The highest BCUT2D eigenvalue weighted by molar-refractivity contribution is 5.50. The van der Waals surface area contributed by atoms with Crippen LogP contribution in [0.15, 0.2) is 48.5 Å². The van der Waals surface area contributed by atoms with Gasteiger partial charge >= 0.3 is 0 Å². The van der Waals surface area contributed by atoms with E-state index in [1.54, 1.807) is 7.11 Å². The Balaban J connectivity index is 2.06. The van der Waals surface area contributed by atoms with Gasteiger partial charge in [0.2, 0.25) is 0 Å². The molecular formula is C17H21NO2. The number of nitrogens with one attached hydrogen (secondary N) is 1. The molecule has 2 aromatic rings. The Labute approximate surface area is 120 Å². The van der Waals surface area contributed by atoms with Crippen LogP contribution in [-0.2, 0) is 0 Å². The molecule has 0 fully saturated rings. The lowest BCUT2D eigenvalue weighted by Gasteiger charge is -2.16. The quantitative estimate of drug-likeness (QED) is 0.851. The van der Waals surface area contributed by atoms with Crippen LogP contribution in [0.3, 0.4) is 0 Å². The molecule has 1 atom stereocenters. The molecule has 2 rings (SSSR count). The van der Waals surface area contributed by atoms with Crippen molar-refractivity contribution in [2.75, 3.05) is 19.0 Å². The van der Waals surface area contributed by atoms with Gasteiger partial charge in [-0.1, -0.05) is 18.2 Å². The summed E-state index contributed by atoms with van der Waals surface area (Å²) in [6.45, 7) is 4.80. The number of anilines is 1. The van der Waals surface area contributed by atoms with Gasteiger partial charge in [0, 0.05) is 17.8 Å². The summed E-state index contributed by atoms with van der Waals surface area (Å²) in [5.41, 5.74) is 2.27. The normalized spacial score (nSPS) is 11.8.